The van der Waals surface area contributed by atoms with Crippen LogP contribution in [0.5, 0.6) is 0 Å². The molecule has 3 atom stereocenters. The standard InChI is InChI=1S/C23H24Cl2N4O2/c24-16-5-3-6-17(25)21(16)29-23-27-18-9-8-14(11-19(18)28-23)22(30)26-15-10-13-4-1-2-7-20(13)31-12-15/h3,5-6,8-9,11,13,15,20H,1-2,4,7,10,12H2,(H,26,30)(H2,27,28,29). The summed E-state index contributed by atoms with van der Waals surface area (Å²) in [5, 5.41) is 7.27. The first-order chi connectivity index (χ1) is 15.1. The van der Waals surface area contributed by atoms with Gasteiger partial charge in [0.15, 0.2) is 0 Å². The van der Waals surface area contributed by atoms with Crippen molar-refractivity contribution in [3.63, 3.8) is 0 Å². The molecule has 1 aromatic heterocycles. The lowest BCUT2D eigenvalue weighted by Crippen LogP contribution is -2.47. The van der Waals surface area contributed by atoms with Crippen LogP contribution in [0.2, 0.25) is 10.0 Å². The lowest BCUT2D eigenvalue weighted by atomic mass is 9.80. The fraction of sp³-hybridized carbons (Fsp3) is 0.391. The maximum absolute atomic E-state index is 12.8. The zero-order valence-electron chi connectivity index (χ0n) is 17.0. The molecule has 1 aliphatic heterocycles. The fourth-order valence-corrected chi connectivity index (χ4v) is 5.14. The van der Waals surface area contributed by atoms with Crippen molar-refractivity contribution >= 4 is 51.8 Å². The van der Waals surface area contributed by atoms with E-state index in [1.165, 1.54) is 19.3 Å². The average Bonchev–Trinajstić information content (AvgIpc) is 3.18. The number of fused-ring (bicyclic) bond motifs is 2. The summed E-state index contributed by atoms with van der Waals surface area (Å²) < 4.78 is 6.02. The van der Waals surface area contributed by atoms with E-state index in [9.17, 15) is 4.79 Å². The molecule has 1 amide bonds. The molecule has 3 unspecified atom stereocenters. The van der Waals surface area contributed by atoms with Crippen LogP contribution in [0.15, 0.2) is 36.4 Å². The molecule has 0 radical (unpaired) electrons. The van der Waals surface area contributed by atoms with Gasteiger partial charge in [-0.15, -0.1) is 0 Å². The monoisotopic (exact) mass is 458 g/mol. The molecule has 3 N–H and O–H groups in total. The van der Waals surface area contributed by atoms with E-state index in [1.54, 1.807) is 30.3 Å². The number of anilines is 2. The number of amides is 1. The molecule has 0 spiro atoms. The van der Waals surface area contributed by atoms with Gasteiger partial charge >= 0.3 is 0 Å². The van der Waals surface area contributed by atoms with E-state index < -0.39 is 0 Å². The van der Waals surface area contributed by atoms with E-state index in [4.69, 9.17) is 27.9 Å². The normalized spacial score (nSPS) is 23.4. The summed E-state index contributed by atoms with van der Waals surface area (Å²) in [5.41, 5.74) is 2.66. The number of halogens is 2. The number of hydrogen-bond acceptors (Lipinski definition) is 4. The van der Waals surface area contributed by atoms with Crippen molar-refractivity contribution in [3.05, 3.63) is 52.0 Å². The van der Waals surface area contributed by atoms with Crippen LogP contribution >= 0.6 is 23.2 Å². The SMILES string of the molecule is O=C(NC1COC2CCCCC2C1)c1ccc2[nH]c(Nc3c(Cl)cccc3Cl)nc2c1. The van der Waals surface area contributed by atoms with Crippen molar-refractivity contribution in [2.24, 2.45) is 5.92 Å². The third-order valence-electron chi connectivity index (χ3n) is 6.22. The molecule has 8 heteroatoms. The van der Waals surface area contributed by atoms with Gasteiger partial charge in [0.05, 0.1) is 45.5 Å². The highest BCUT2D eigenvalue weighted by Gasteiger charge is 2.33. The number of H-pyrrole nitrogens is 1. The molecule has 2 fully saturated rings. The van der Waals surface area contributed by atoms with Gasteiger partial charge in [-0.05, 0) is 55.5 Å². The van der Waals surface area contributed by atoms with E-state index >= 15 is 0 Å². The molecule has 2 aromatic carbocycles. The van der Waals surface area contributed by atoms with E-state index in [-0.39, 0.29) is 11.9 Å². The second-order valence-electron chi connectivity index (χ2n) is 8.36. The number of carbonyl (C=O) groups excluding carboxylic acids is 1. The Morgan fingerprint density at radius 3 is 2.77 bits per heavy atom. The van der Waals surface area contributed by atoms with Crippen LogP contribution in [0.4, 0.5) is 11.6 Å². The fourth-order valence-electron chi connectivity index (χ4n) is 4.65. The second-order valence-corrected chi connectivity index (χ2v) is 9.18. The number of imidazole rings is 1. The van der Waals surface area contributed by atoms with Crippen molar-refractivity contribution in [3.8, 4) is 0 Å². The molecule has 5 rings (SSSR count). The average molecular weight is 459 g/mol. The summed E-state index contributed by atoms with van der Waals surface area (Å²) >= 11 is 12.5. The van der Waals surface area contributed by atoms with Crippen molar-refractivity contribution < 1.29 is 9.53 Å². The number of nitrogens with zero attached hydrogens (tertiary/aromatic N) is 1. The molecule has 1 aliphatic carbocycles. The lowest BCUT2D eigenvalue weighted by Gasteiger charge is -2.39. The molecule has 2 aliphatic rings. The number of aromatic nitrogens is 2. The first-order valence-corrected chi connectivity index (χ1v) is 11.5. The maximum atomic E-state index is 12.8. The molecule has 1 saturated carbocycles. The van der Waals surface area contributed by atoms with E-state index in [0.29, 0.717) is 51.4 Å². The van der Waals surface area contributed by atoms with Crippen molar-refractivity contribution in [1.82, 2.24) is 15.3 Å². The van der Waals surface area contributed by atoms with Gasteiger partial charge in [0.2, 0.25) is 5.95 Å². The summed E-state index contributed by atoms with van der Waals surface area (Å²) in [6, 6.07) is 10.8. The summed E-state index contributed by atoms with van der Waals surface area (Å²) in [5.74, 6) is 0.967. The molecule has 6 nitrogen and oxygen atoms in total. The minimum absolute atomic E-state index is 0.0568. The number of aromatic amines is 1. The zero-order valence-corrected chi connectivity index (χ0v) is 18.5. The van der Waals surface area contributed by atoms with Crippen LogP contribution in [-0.2, 0) is 4.74 Å². The van der Waals surface area contributed by atoms with Crippen molar-refractivity contribution in [2.75, 3.05) is 11.9 Å². The number of carbonyl (C=O) groups is 1. The van der Waals surface area contributed by atoms with Gasteiger partial charge in [0.1, 0.15) is 0 Å². The van der Waals surface area contributed by atoms with Gasteiger partial charge in [0.25, 0.3) is 5.91 Å². The Morgan fingerprint density at radius 1 is 1.13 bits per heavy atom. The number of benzene rings is 2. The van der Waals surface area contributed by atoms with Crippen LogP contribution in [-0.4, -0.2) is 34.6 Å². The number of ether oxygens (including phenoxy) is 1. The summed E-state index contributed by atoms with van der Waals surface area (Å²) in [4.78, 5) is 20.6. The van der Waals surface area contributed by atoms with E-state index in [1.807, 2.05) is 6.07 Å². The molecule has 0 bridgehead atoms. The van der Waals surface area contributed by atoms with E-state index in [0.717, 1.165) is 18.4 Å². The van der Waals surface area contributed by atoms with Gasteiger partial charge in [-0.2, -0.15) is 0 Å². The highest BCUT2D eigenvalue weighted by atomic mass is 35.5. The minimum atomic E-state index is -0.101. The van der Waals surface area contributed by atoms with Crippen molar-refractivity contribution in [1.29, 1.82) is 0 Å². The van der Waals surface area contributed by atoms with E-state index in [2.05, 4.69) is 20.6 Å². The van der Waals surface area contributed by atoms with Gasteiger partial charge in [-0.25, -0.2) is 4.98 Å². The number of para-hydroxylation sites is 1. The number of rotatable bonds is 4. The Bertz CT molecular complexity index is 1100. The number of nitrogens with one attached hydrogen (secondary N) is 3. The highest BCUT2D eigenvalue weighted by Crippen LogP contribution is 2.34. The van der Waals surface area contributed by atoms with Crippen LogP contribution in [0.3, 0.4) is 0 Å². The first-order valence-electron chi connectivity index (χ1n) is 10.7. The highest BCUT2D eigenvalue weighted by molar-refractivity contribution is 6.39. The largest absolute Gasteiger partial charge is 0.376 e. The van der Waals surface area contributed by atoms with Crippen LogP contribution < -0.4 is 10.6 Å². The summed E-state index contributed by atoms with van der Waals surface area (Å²) in [6.45, 7) is 0.588. The smallest absolute Gasteiger partial charge is 0.251 e. The number of hydrogen-bond donors (Lipinski definition) is 3. The Kier molecular flexibility index (Phi) is 5.78. The molecule has 162 valence electrons. The molecule has 2 heterocycles. The van der Waals surface area contributed by atoms with Gasteiger partial charge in [0, 0.05) is 5.56 Å². The third kappa shape index (κ3) is 4.38. The van der Waals surface area contributed by atoms with Crippen LogP contribution in [0.25, 0.3) is 11.0 Å². The Morgan fingerprint density at radius 2 is 1.94 bits per heavy atom. The minimum Gasteiger partial charge on any atom is -0.376 e. The summed E-state index contributed by atoms with van der Waals surface area (Å²) in [6.07, 6.45) is 6.23. The Labute approximate surface area is 190 Å². The Balaban J connectivity index is 1.29. The zero-order chi connectivity index (χ0) is 21.4. The van der Waals surface area contributed by atoms with Gasteiger partial charge < -0.3 is 20.4 Å². The summed E-state index contributed by atoms with van der Waals surface area (Å²) in [7, 11) is 0. The predicted octanol–water partition coefficient (Wildman–Crippen LogP) is 5.69. The second kappa shape index (κ2) is 8.69. The van der Waals surface area contributed by atoms with Gasteiger partial charge in [-0.3, -0.25) is 4.79 Å². The predicted molar refractivity (Wildman–Crippen MR) is 123 cm³/mol. The lowest BCUT2D eigenvalue weighted by molar-refractivity contribution is -0.0607. The molecular formula is C23H24Cl2N4O2. The van der Waals surface area contributed by atoms with Crippen LogP contribution in [0.1, 0.15) is 42.5 Å². The Hall–Kier alpha value is -2.28. The third-order valence-corrected chi connectivity index (χ3v) is 6.85. The molecule has 31 heavy (non-hydrogen) atoms. The molecule has 1 saturated heterocycles. The van der Waals surface area contributed by atoms with Gasteiger partial charge in [-0.1, -0.05) is 42.1 Å². The maximum Gasteiger partial charge on any atom is 0.251 e. The van der Waals surface area contributed by atoms with Crippen molar-refractivity contribution in [2.45, 2.75) is 44.2 Å². The van der Waals surface area contributed by atoms with Crippen LogP contribution in [0, 0.1) is 5.92 Å². The quantitative estimate of drug-likeness (QED) is 0.468. The molecular weight excluding hydrogens is 435 g/mol. The first kappa shape index (κ1) is 20.6. The topological polar surface area (TPSA) is 79.0 Å². The molecule has 3 aromatic rings.